The van der Waals surface area contributed by atoms with Gasteiger partial charge in [0.2, 0.25) is 0 Å². The SMILES string of the molecule is COc1nc(OC)nc(Oc2ccc(Br)cc2C(C)C)n1. The fourth-order valence-electron chi connectivity index (χ4n) is 1.71. The normalized spacial score (nSPS) is 10.6. The minimum atomic E-state index is 0.128. The molecule has 0 aliphatic carbocycles. The van der Waals surface area contributed by atoms with Crippen molar-refractivity contribution >= 4 is 15.9 Å². The fraction of sp³-hybridized carbons (Fsp3) is 0.357. The van der Waals surface area contributed by atoms with Crippen molar-refractivity contribution in [1.29, 1.82) is 0 Å². The molecular formula is C14H16BrN3O3. The molecule has 6 nitrogen and oxygen atoms in total. The van der Waals surface area contributed by atoms with Crippen molar-refractivity contribution in [2.45, 2.75) is 19.8 Å². The number of benzene rings is 1. The molecule has 0 amide bonds. The molecule has 112 valence electrons. The molecular weight excluding hydrogens is 338 g/mol. The van der Waals surface area contributed by atoms with E-state index in [4.69, 9.17) is 14.2 Å². The molecule has 0 spiro atoms. The minimum absolute atomic E-state index is 0.128. The molecule has 0 atom stereocenters. The zero-order valence-corrected chi connectivity index (χ0v) is 13.8. The molecule has 0 radical (unpaired) electrons. The second-order valence-corrected chi connectivity index (χ2v) is 5.45. The van der Waals surface area contributed by atoms with Gasteiger partial charge in [-0.1, -0.05) is 29.8 Å². The van der Waals surface area contributed by atoms with Gasteiger partial charge in [-0.25, -0.2) is 0 Å². The van der Waals surface area contributed by atoms with Crippen LogP contribution in [0.2, 0.25) is 0 Å². The summed E-state index contributed by atoms with van der Waals surface area (Å²) in [5.74, 6) is 0.978. The zero-order valence-electron chi connectivity index (χ0n) is 12.3. The minimum Gasteiger partial charge on any atom is -0.467 e. The molecule has 0 N–H and O–H groups in total. The summed E-state index contributed by atoms with van der Waals surface area (Å²) >= 11 is 3.46. The van der Waals surface area contributed by atoms with Crippen molar-refractivity contribution in [2.24, 2.45) is 0 Å². The first-order valence-corrected chi connectivity index (χ1v) is 7.14. The third-order valence-corrected chi connectivity index (χ3v) is 3.23. The number of halogens is 1. The van der Waals surface area contributed by atoms with Gasteiger partial charge >= 0.3 is 18.0 Å². The Bertz CT molecular complexity index is 613. The van der Waals surface area contributed by atoms with E-state index in [9.17, 15) is 0 Å². The molecule has 7 heteroatoms. The molecule has 1 aromatic heterocycles. The van der Waals surface area contributed by atoms with Crippen molar-refractivity contribution in [3.05, 3.63) is 28.2 Å². The highest BCUT2D eigenvalue weighted by molar-refractivity contribution is 9.10. The van der Waals surface area contributed by atoms with Crippen molar-refractivity contribution in [1.82, 2.24) is 15.0 Å². The Hall–Kier alpha value is -1.89. The number of rotatable bonds is 5. The van der Waals surface area contributed by atoms with Gasteiger partial charge in [0.25, 0.3) is 0 Å². The molecule has 1 aromatic carbocycles. The van der Waals surface area contributed by atoms with Gasteiger partial charge in [-0.2, -0.15) is 0 Å². The standard InChI is InChI=1S/C14H16BrN3O3/c1-8(2)10-7-9(15)5-6-11(10)21-14-17-12(19-3)16-13(18-14)20-4/h5-8H,1-4H3. The average Bonchev–Trinajstić information content (AvgIpc) is 2.48. The smallest absolute Gasteiger partial charge is 0.331 e. The summed E-state index contributed by atoms with van der Waals surface area (Å²) in [6.07, 6.45) is 0. The van der Waals surface area contributed by atoms with Crippen LogP contribution in [0.3, 0.4) is 0 Å². The van der Waals surface area contributed by atoms with Gasteiger partial charge in [0, 0.05) is 4.47 Å². The van der Waals surface area contributed by atoms with E-state index in [0.717, 1.165) is 10.0 Å². The van der Waals surface area contributed by atoms with Gasteiger partial charge in [-0.3, -0.25) is 0 Å². The Morgan fingerprint density at radius 3 is 2.05 bits per heavy atom. The molecule has 21 heavy (non-hydrogen) atoms. The van der Waals surface area contributed by atoms with E-state index in [-0.39, 0.29) is 18.0 Å². The molecule has 2 aromatic rings. The monoisotopic (exact) mass is 353 g/mol. The van der Waals surface area contributed by atoms with Crippen LogP contribution in [0.5, 0.6) is 23.8 Å². The highest BCUT2D eigenvalue weighted by Gasteiger charge is 2.13. The van der Waals surface area contributed by atoms with Crippen LogP contribution >= 0.6 is 15.9 Å². The van der Waals surface area contributed by atoms with E-state index in [1.165, 1.54) is 14.2 Å². The predicted molar refractivity (Wildman–Crippen MR) is 81.2 cm³/mol. The highest BCUT2D eigenvalue weighted by atomic mass is 79.9. The second kappa shape index (κ2) is 6.71. The van der Waals surface area contributed by atoms with E-state index in [0.29, 0.717) is 11.7 Å². The summed E-state index contributed by atoms with van der Waals surface area (Å²) in [5.41, 5.74) is 1.04. The Kier molecular flexibility index (Phi) is 4.95. The summed E-state index contributed by atoms with van der Waals surface area (Å²) in [5, 5.41) is 0. The molecule has 0 saturated carbocycles. The summed E-state index contributed by atoms with van der Waals surface area (Å²) in [4.78, 5) is 12.0. The molecule has 2 rings (SSSR count). The lowest BCUT2D eigenvalue weighted by Gasteiger charge is -2.13. The number of methoxy groups -OCH3 is 2. The average molecular weight is 354 g/mol. The molecule has 1 heterocycles. The largest absolute Gasteiger partial charge is 0.467 e. The first-order chi connectivity index (χ1) is 10.0. The molecule has 0 bridgehead atoms. The van der Waals surface area contributed by atoms with E-state index in [1.54, 1.807) is 0 Å². The van der Waals surface area contributed by atoms with Crippen LogP contribution in [-0.2, 0) is 0 Å². The van der Waals surface area contributed by atoms with E-state index >= 15 is 0 Å². The van der Waals surface area contributed by atoms with E-state index < -0.39 is 0 Å². The lowest BCUT2D eigenvalue weighted by atomic mass is 10.0. The van der Waals surface area contributed by atoms with Crippen molar-refractivity contribution in [3.63, 3.8) is 0 Å². The van der Waals surface area contributed by atoms with Crippen molar-refractivity contribution in [2.75, 3.05) is 14.2 Å². The maximum atomic E-state index is 5.77. The number of hydrogen-bond donors (Lipinski definition) is 0. The lowest BCUT2D eigenvalue weighted by Crippen LogP contribution is -2.02. The Morgan fingerprint density at radius 1 is 0.952 bits per heavy atom. The zero-order chi connectivity index (χ0) is 15.4. The lowest BCUT2D eigenvalue weighted by molar-refractivity contribution is 0.319. The van der Waals surface area contributed by atoms with Crippen LogP contribution in [0.15, 0.2) is 22.7 Å². The number of hydrogen-bond acceptors (Lipinski definition) is 6. The number of ether oxygens (including phenoxy) is 3. The Balaban J connectivity index is 2.38. The summed E-state index contributed by atoms with van der Waals surface area (Å²) in [6.45, 7) is 4.17. The van der Waals surface area contributed by atoms with Crippen LogP contribution in [0.1, 0.15) is 25.3 Å². The maximum absolute atomic E-state index is 5.77. The fourth-order valence-corrected chi connectivity index (χ4v) is 2.09. The van der Waals surface area contributed by atoms with Crippen LogP contribution in [-0.4, -0.2) is 29.2 Å². The van der Waals surface area contributed by atoms with Crippen LogP contribution < -0.4 is 14.2 Å². The summed E-state index contributed by atoms with van der Waals surface area (Å²) < 4.78 is 16.8. The van der Waals surface area contributed by atoms with Gasteiger partial charge in [-0.05, 0) is 29.7 Å². The maximum Gasteiger partial charge on any atom is 0.331 e. The van der Waals surface area contributed by atoms with Gasteiger partial charge in [0.15, 0.2) is 0 Å². The first kappa shape index (κ1) is 15.5. The topological polar surface area (TPSA) is 66.4 Å². The van der Waals surface area contributed by atoms with E-state index in [1.807, 2.05) is 18.2 Å². The summed E-state index contributed by atoms with van der Waals surface area (Å²) in [6, 6.07) is 6.18. The van der Waals surface area contributed by atoms with Crippen molar-refractivity contribution in [3.8, 4) is 23.8 Å². The van der Waals surface area contributed by atoms with Crippen LogP contribution in [0, 0.1) is 0 Å². The van der Waals surface area contributed by atoms with E-state index in [2.05, 4.69) is 44.7 Å². The van der Waals surface area contributed by atoms with Gasteiger partial charge in [0.05, 0.1) is 14.2 Å². The first-order valence-electron chi connectivity index (χ1n) is 6.35. The predicted octanol–water partition coefficient (Wildman–Crippen LogP) is 3.57. The molecule has 0 aliphatic rings. The quantitative estimate of drug-likeness (QED) is 0.818. The van der Waals surface area contributed by atoms with Gasteiger partial charge in [-0.15, -0.1) is 15.0 Å². The highest BCUT2D eigenvalue weighted by Crippen LogP contribution is 2.32. The Labute approximate surface area is 131 Å². The summed E-state index contributed by atoms with van der Waals surface area (Å²) in [7, 11) is 2.94. The number of aromatic nitrogens is 3. The molecule has 0 unspecified atom stereocenters. The molecule has 0 fully saturated rings. The van der Waals surface area contributed by atoms with Gasteiger partial charge in [0.1, 0.15) is 5.75 Å². The number of nitrogens with zero attached hydrogens (tertiary/aromatic N) is 3. The van der Waals surface area contributed by atoms with Crippen molar-refractivity contribution < 1.29 is 14.2 Å². The third-order valence-electron chi connectivity index (χ3n) is 2.73. The Morgan fingerprint density at radius 2 is 1.52 bits per heavy atom. The third kappa shape index (κ3) is 3.81. The van der Waals surface area contributed by atoms with Crippen LogP contribution in [0.25, 0.3) is 0 Å². The molecule has 0 aliphatic heterocycles. The van der Waals surface area contributed by atoms with Gasteiger partial charge < -0.3 is 14.2 Å². The molecule has 0 saturated heterocycles. The van der Waals surface area contributed by atoms with Crippen LogP contribution in [0.4, 0.5) is 0 Å². The second-order valence-electron chi connectivity index (χ2n) is 4.53.